The first-order valence-electron chi connectivity index (χ1n) is 11.6. The number of fused-ring (bicyclic) bond motifs is 1. The number of halogens is 5. The van der Waals surface area contributed by atoms with E-state index >= 15 is 0 Å². The van der Waals surface area contributed by atoms with Crippen molar-refractivity contribution in [3.05, 3.63) is 120 Å². The highest BCUT2D eigenvalue weighted by molar-refractivity contribution is 9.10. The Morgan fingerprint density at radius 1 is 0.875 bits per heavy atom. The first-order chi connectivity index (χ1) is 19.2. The van der Waals surface area contributed by atoms with Crippen LogP contribution in [0, 0.1) is 0 Å². The lowest BCUT2D eigenvalue weighted by Crippen LogP contribution is -2.19. The highest BCUT2D eigenvalue weighted by atomic mass is 79.9. The second-order valence-electron chi connectivity index (χ2n) is 8.42. The van der Waals surface area contributed by atoms with Crippen molar-refractivity contribution in [2.24, 2.45) is 5.10 Å². The summed E-state index contributed by atoms with van der Waals surface area (Å²) in [5.41, 5.74) is 5.00. The van der Waals surface area contributed by atoms with Crippen molar-refractivity contribution >= 4 is 91.3 Å². The number of hydrogen-bond donors (Lipinski definition) is 2. The maximum atomic E-state index is 13.4. The zero-order valence-electron chi connectivity index (χ0n) is 20.1. The van der Waals surface area contributed by atoms with Gasteiger partial charge in [-0.2, -0.15) is 5.10 Å². The molecule has 4 aromatic carbocycles. The number of nitrogens with zero attached hydrogens (tertiary/aromatic N) is 1. The standard InChI is InChI=1S/C29H16BrCl4N3O3/c30-16-9-10-24(40-29(39)19-6-2-4-8-22(19)33)15(11-16)14-35-37-28(38)27-25(18-5-1-3-7-21(18)32)20-12-17(31)13-23(34)26(20)36-27/h1-14,36H,(H,37,38). The van der Waals surface area contributed by atoms with E-state index in [4.69, 9.17) is 51.1 Å². The largest absolute Gasteiger partial charge is 0.422 e. The maximum Gasteiger partial charge on any atom is 0.345 e. The third kappa shape index (κ3) is 5.89. The Bertz CT molecular complexity index is 1820. The number of H-pyrrole nitrogens is 1. The molecule has 11 heteroatoms. The Labute approximate surface area is 257 Å². The number of aromatic nitrogens is 1. The first-order valence-corrected chi connectivity index (χ1v) is 13.9. The van der Waals surface area contributed by atoms with Crippen LogP contribution in [-0.4, -0.2) is 23.1 Å². The molecular formula is C29H16BrCl4N3O3. The summed E-state index contributed by atoms with van der Waals surface area (Å²) in [6.07, 6.45) is 1.36. The van der Waals surface area contributed by atoms with E-state index < -0.39 is 11.9 Å². The summed E-state index contributed by atoms with van der Waals surface area (Å²) in [7, 11) is 0. The monoisotopic (exact) mass is 673 g/mol. The molecule has 0 aliphatic heterocycles. The molecule has 200 valence electrons. The number of hydrogen-bond acceptors (Lipinski definition) is 4. The zero-order chi connectivity index (χ0) is 28.4. The minimum atomic E-state index is -0.635. The lowest BCUT2D eigenvalue weighted by Gasteiger charge is -2.09. The number of rotatable bonds is 6. The first kappa shape index (κ1) is 28.2. The van der Waals surface area contributed by atoms with E-state index in [0.717, 1.165) is 0 Å². The van der Waals surface area contributed by atoms with Crippen LogP contribution >= 0.6 is 62.3 Å². The molecule has 5 aromatic rings. The summed E-state index contributed by atoms with van der Waals surface area (Å²) in [6.45, 7) is 0. The Kier molecular flexibility index (Phi) is 8.49. The molecule has 6 nitrogen and oxygen atoms in total. The van der Waals surface area contributed by atoms with Crippen molar-refractivity contribution in [2.75, 3.05) is 0 Å². The lowest BCUT2D eigenvalue weighted by molar-refractivity contribution is 0.0734. The lowest BCUT2D eigenvalue weighted by atomic mass is 10.0. The summed E-state index contributed by atoms with van der Waals surface area (Å²) in [4.78, 5) is 29.2. The van der Waals surface area contributed by atoms with Crippen LogP contribution in [0.2, 0.25) is 20.1 Å². The second-order valence-corrected chi connectivity index (χ2v) is 11.0. The van der Waals surface area contributed by atoms with E-state index in [1.807, 2.05) is 6.07 Å². The van der Waals surface area contributed by atoms with E-state index in [1.165, 1.54) is 6.21 Å². The van der Waals surface area contributed by atoms with E-state index in [1.54, 1.807) is 72.8 Å². The molecule has 0 saturated heterocycles. The smallest absolute Gasteiger partial charge is 0.345 e. The highest BCUT2D eigenvalue weighted by Crippen LogP contribution is 2.40. The average Bonchev–Trinajstić information content (AvgIpc) is 3.30. The fraction of sp³-hybridized carbons (Fsp3) is 0. The molecule has 1 heterocycles. The van der Waals surface area contributed by atoms with Crippen LogP contribution in [0.15, 0.2) is 88.4 Å². The number of carbonyl (C=O) groups is 2. The zero-order valence-corrected chi connectivity index (χ0v) is 24.8. The summed E-state index contributed by atoms with van der Waals surface area (Å²) < 4.78 is 6.28. The van der Waals surface area contributed by atoms with Crippen LogP contribution in [0.1, 0.15) is 26.4 Å². The quantitative estimate of drug-likeness (QED) is 0.0815. The molecule has 0 aliphatic rings. The van der Waals surface area contributed by atoms with Gasteiger partial charge in [0.05, 0.1) is 27.3 Å². The molecule has 1 amide bonds. The van der Waals surface area contributed by atoms with Crippen molar-refractivity contribution in [1.82, 2.24) is 10.4 Å². The third-order valence-electron chi connectivity index (χ3n) is 5.83. The third-order valence-corrected chi connectivity index (χ3v) is 7.50. The second kappa shape index (κ2) is 12.0. The average molecular weight is 676 g/mol. The minimum absolute atomic E-state index is 0.184. The molecule has 0 bridgehead atoms. The topological polar surface area (TPSA) is 83.5 Å². The summed E-state index contributed by atoms with van der Waals surface area (Å²) >= 11 is 28.7. The van der Waals surface area contributed by atoms with Crippen LogP contribution in [0.25, 0.3) is 22.0 Å². The van der Waals surface area contributed by atoms with Gasteiger partial charge < -0.3 is 9.72 Å². The summed E-state index contributed by atoms with van der Waals surface area (Å²) in [6, 6.07) is 22.0. The van der Waals surface area contributed by atoms with Crippen molar-refractivity contribution in [3.63, 3.8) is 0 Å². The Hall–Kier alpha value is -3.33. The van der Waals surface area contributed by atoms with Crippen LogP contribution in [-0.2, 0) is 0 Å². The molecule has 0 radical (unpaired) electrons. The number of esters is 1. The van der Waals surface area contributed by atoms with Gasteiger partial charge >= 0.3 is 5.97 Å². The van der Waals surface area contributed by atoms with E-state index in [-0.39, 0.29) is 22.0 Å². The molecule has 0 saturated carbocycles. The van der Waals surface area contributed by atoms with Gasteiger partial charge in [0.15, 0.2) is 0 Å². The number of aromatic amines is 1. The van der Waals surface area contributed by atoms with E-state index in [9.17, 15) is 9.59 Å². The molecule has 0 aliphatic carbocycles. The van der Waals surface area contributed by atoms with Crippen molar-refractivity contribution in [2.45, 2.75) is 0 Å². The Balaban J connectivity index is 1.46. The molecule has 0 atom stereocenters. The molecule has 0 unspecified atom stereocenters. The predicted molar refractivity (Wildman–Crippen MR) is 164 cm³/mol. The summed E-state index contributed by atoms with van der Waals surface area (Å²) in [5, 5.41) is 6.19. The van der Waals surface area contributed by atoms with Gasteiger partial charge in [-0.25, -0.2) is 10.2 Å². The van der Waals surface area contributed by atoms with E-state index in [2.05, 4.69) is 31.4 Å². The van der Waals surface area contributed by atoms with Crippen LogP contribution in [0.3, 0.4) is 0 Å². The maximum absolute atomic E-state index is 13.4. The van der Waals surface area contributed by atoms with Gasteiger partial charge in [0.25, 0.3) is 5.91 Å². The van der Waals surface area contributed by atoms with Gasteiger partial charge in [0.2, 0.25) is 0 Å². The molecule has 40 heavy (non-hydrogen) atoms. The molecule has 5 rings (SSSR count). The van der Waals surface area contributed by atoms with Crippen molar-refractivity contribution < 1.29 is 14.3 Å². The number of ether oxygens (including phenoxy) is 1. The SMILES string of the molecule is O=C(Oc1ccc(Br)cc1C=NNC(=O)c1[nH]c2c(Cl)cc(Cl)cc2c1-c1ccccc1Cl)c1ccccc1Cl. The van der Waals surface area contributed by atoms with Gasteiger partial charge in [0, 0.05) is 36.6 Å². The van der Waals surface area contributed by atoms with E-state index in [0.29, 0.717) is 47.1 Å². The number of nitrogens with one attached hydrogen (secondary N) is 2. The van der Waals surface area contributed by atoms with Gasteiger partial charge in [-0.05, 0) is 48.5 Å². The Morgan fingerprint density at radius 2 is 1.60 bits per heavy atom. The predicted octanol–water partition coefficient (Wildman–Crippen LogP) is 9.19. The molecule has 0 fully saturated rings. The van der Waals surface area contributed by atoms with Gasteiger partial charge in [0.1, 0.15) is 11.4 Å². The normalized spacial score (nSPS) is 11.2. The van der Waals surface area contributed by atoms with Gasteiger partial charge in [-0.1, -0.05) is 92.7 Å². The number of amides is 1. The Morgan fingerprint density at radius 3 is 2.35 bits per heavy atom. The molecular weight excluding hydrogens is 660 g/mol. The van der Waals surface area contributed by atoms with Crippen LogP contribution in [0.5, 0.6) is 5.75 Å². The number of benzene rings is 4. The number of carbonyl (C=O) groups excluding carboxylic acids is 2. The van der Waals surface area contributed by atoms with Gasteiger partial charge in [-0.15, -0.1) is 0 Å². The van der Waals surface area contributed by atoms with Crippen LogP contribution < -0.4 is 10.2 Å². The minimum Gasteiger partial charge on any atom is -0.422 e. The fourth-order valence-corrected chi connectivity index (χ4v) is 5.41. The van der Waals surface area contributed by atoms with Crippen molar-refractivity contribution in [1.29, 1.82) is 0 Å². The van der Waals surface area contributed by atoms with Gasteiger partial charge in [-0.3, -0.25) is 4.79 Å². The van der Waals surface area contributed by atoms with Crippen molar-refractivity contribution in [3.8, 4) is 16.9 Å². The van der Waals surface area contributed by atoms with Crippen LogP contribution in [0.4, 0.5) is 0 Å². The summed E-state index contributed by atoms with van der Waals surface area (Å²) in [5.74, 6) is -0.973. The molecule has 2 N–H and O–H groups in total. The molecule has 0 spiro atoms. The fourth-order valence-electron chi connectivity index (χ4n) is 4.05. The number of hydrazone groups is 1. The molecule has 1 aromatic heterocycles. The highest BCUT2D eigenvalue weighted by Gasteiger charge is 2.22.